The summed E-state index contributed by atoms with van der Waals surface area (Å²) in [5.41, 5.74) is 3.77. The molecule has 0 aliphatic heterocycles. The first-order valence-corrected chi connectivity index (χ1v) is 5.65. The minimum absolute atomic E-state index is 0.0995. The van der Waals surface area contributed by atoms with Crippen LogP contribution < -0.4 is 0 Å². The van der Waals surface area contributed by atoms with Gasteiger partial charge in [-0.1, -0.05) is 36.4 Å². The Balaban J connectivity index is 2.27. The summed E-state index contributed by atoms with van der Waals surface area (Å²) in [5.74, 6) is 0.0995. The number of hydrogen-bond donors (Lipinski definition) is 1. The lowest BCUT2D eigenvalue weighted by atomic mass is 9.85. The number of carbonyl (C=O) groups excluding carboxylic acids is 1. The van der Waals surface area contributed by atoms with E-state index in [-0.39, 0.29) is 5.78 Å². The van der Waals surface area contributed by atoms with E-state index < -0.39 is 0 Å². The van der Waals surface area contributed by atoms with Gasteiger partial charge in [-0.3, -0.25) is 4.79 Å². The molecule has 0 fully saturated rings. The van der Waals surface area contributed by atoms with Gasteiger partial charge in [0.1, 0.15) is 0 Å². The summed E-state index contributed by atoms with van der Waals surface area (Å²) >= 11 is 4.37. The van der Waals surface area contributed by atoms with E-state index in [4.69, 9.17) is 0 Å². The molecule has 0 aromatic heterocycles. The van der Waals surface area contributed by atoms with Crippen LogP contribution in [0.1, 0.15) is 27.0 Å². The van der Waals surface area contributed by atoms with Crippen LogP contribution in [0.4, 0.5) is 0 Å². The zero-order valence-electron chi connectivity index (χ0n) is 8.60. The topological polar surface area (TPSA) is 17.1 Å². The highest BCUT2D eigenvalue weighted by molar-refractivity contribution is 7.80. The summed E-state index contributed by atoms with van der Waals surface area (Å²) in [6, 6.07) is 13.6. The maximum atomic E-state index is 12.3. The minimum Gasteiger partial charge on any atom is -0.289 e. The van der Waals surface area contributed by atoms with Crippen LogP contribution in [0.25, 0.3) is 0 Å². The van der Waals surface area contributed by atoms with E-state index >= 15 is 0 Å². The van der Waals surface area contributed by atoms with Crippen LogP contribution in [0.3, 0.4) is 0 Å². The Hall–Kier alpha value is -1.54. The van der Waals surface area contributed by atoms with Crippen LogP contribution in [-0.2, 0) is 6.42 Å². The molecule has 2 aromatic rings. The van der Waals surface area contributed by atoms with Crippen molar-refractivity contribution in [3.05, 3.63) is 64.7 Å². The van der Waals surface area contributed by atoms with E-state index in [0.29, 0.717) is 0 Å². The molecular formula is C14H10OS. The van der Waals surface area contributed by atoms with E-state index in [1.165, 1.54) is 0 Å². The van der Waals surface area contributed by atoms with Crippen molar-refractivity contribution in [1.82, 2.24) is 0 Å². The molecule has 0 bridgehead atoms. The molecule has 0 saturated carbocycles. The van der Waals surface area contributed by atoms with E-state index in [9.17, 15) is 4.79 Å². The maximum Gasteiger partial charge on any atom is 0.194 e. The third kappa shape index (κ3) is 1.30. The highest BCUT2D eigenvalue weighted by Gasteiger charge is 2.24. The van der Waals surface area contributed by atoms with Gasteiger partial charge < -0.3 is 0 Å². The molecule has 0 heterocycles. The van der Waals surface area contributed by atoms with Gasteiger partial charge in [-0.2, -0.15) is 0 Å². The van der Waals surface area contributed by atoms with Crippen LogP contribution in [0.2, 0.25) is 0 Å². The van der Waals surface area contributed by atoms with Crippen LogP contribution in [0, 0.1) is 0 Å². The van der Waals surface area contributed by atoms with Crippen molar-refractivity contribution in [2.75, 3.05) is 0 Å². The molecule has 0 atom stereocenters. The smallest absolute Gasteiger partial charge is 0.194 e. The first kappa shape index (κ1) is 9.67. The summed E-state index contributed by atoms with van der Waals surface area (Å²) in [5, 5.41) is 0. The SMILES string of the molecule is O=C1c2ccccc2Cc2cccc(S)c21. The van der Waals surface area contributed by atoms with E-state index in [0.717, 1.165) is 33.6 Å². The summed E-state index contributed by atoms with van der Waals surface area (Å²) < 4.78 is 0. The summed E-state index contributed by atoms with van der Waals surface area (Å²) in [6.45, 7) is 0. The number of fused-ring (bicyclic) bond motifs is 2. The van der Waals surface area contributed by atoms with Crippen molar-refractivity contribution >= 4 is 18.4 Å². The molecule has 16 heavy (non-hydrogen) atoms. The van der Waals surface area contributed by atoms with Gasteiger partial charge in [-0.05, 0) is 23.6 Å². The second kappa shape index (κ2) is 3.49. The second-order valence-electron chi connectivity index (χ2n) is 3.97. The van der Waals surface area contributed by atoms with Gasteiger partial charge in [0, 0.05) is 16.0 Å². The van der Waals surface area contributed by atoms with Gasteiger partial charge in [-0.25, -0.2) is 0 Å². The van der Waals surface area contributed by atoms with Gasteiger partial charge in [-0.15, -0.1) is 12.6 Å². The fourth-order valence-corrected chi connectivity index (χ4v) is 2.56. The number of rotatable bonds is 0. The number of benzene rings is 2. The number of hydrogen-bond acceptors (Lipinski definition) is 2. The van der Waals surface area contributed by atoms with Gasteiger partial charge in [0.25, 0.3) is 0 Å². The molecule has 1 nitrogen and oxygen atoms in total. The average molecular weight is 226 g/mol. The lowest BCUT2D eigenvalue weighted by molar-refractivity contribution is 0.103. The van der Waals surface area contributed by atoms with Crippen LogP contribution in [0.5, 0.6) is 0 Å². The highest BCUT2D eigenvalue weighted by atomic mass is 32.1. The first-order valence-electron chi connectivity index (χ1n) is 5.21. The zero-order chi connectivity index (χ0) is 11.1. The fourth-order valence-electron chi connectivity index (χ4n) is 2.23. The summed E-state index contributed by atoms with van der Waals surface area (Å²) in [6.07, 6.45) is 0.825. The van der Waals surface area contributed by atoms with E-state index in [1.807, 2.05) is 42.5 Å². The number of carbonyl (C=O) groups is 1. The second-order valence-corrected chi connectivity index (χ2v) is 4.46. The lowest BCUT2D eigenvalue weighted by Gasteiger charge is -2.19. The Morgan fingerprint density at radius 2 is 1.69 bits per heavy atom. The Labute approximate surface area is 99.5 Å². The Morgan fingerprint density at radius 3 is 2.56 bits per heavy atom. The highest BCUT2D eigenvalue weighted by Crippen LogP contribution is 2.30. The monoisotopic (exact) mass is 226 g/mol. The van der Waals surface area contributed by atoms with Crippen LogP contribution in [-0.4, -0.2) is 5.78 Å². The predicted molar refractivity (Wildman–Crippen MR) is 66.4 cm³/mol. The molecule has 2 aromatic carbocycles. The van der Waals surface area contributed by atoms with Gasteiger partial charge in [0.2, 0.25) is 0 Å². The molecule has 0 saturated heterocycles. The lowest BCUT2D eigenvalue weighted by Crippen LogP contribution is -2.15. The third-order valence-electron chi connectivity index (χ3n) is 3.00. The van der Waals surface area contributed by atoms with Crippen molar-refractivity contribution in [3.8, 4) is 0 Å². The largest absolute Gasteiger partial charge is 0.289 e. The molecule has 0 spiro atoms. The molecule has 3 rings (SSSR count). The zero-order valence-corrected chi connectivity index (χ0v) is 9.50. The van der Waals surface area contributed by atoms with E-state index in [2.05, 4.69) is 12.6 Å². The summed E-state index contributed by atoms with van der Waals surface area (Å²) in [7, 11) is 0. The van der Waals surface area contributed by atoms with Crippen LogP contribution >= 0.6 is 12.6 Å². The minimum atomic E-state index is 0.0995. The van der Waals surface area contributed by atoms with Crippen LogP contribution in [0.15, 0.2) is 47.4 Å². The molecular weight excluding hydrogens is 216 g/mol. The number of ketones is 1. The molecule has 0 amide bonds. The molecule has 0 N–H and O–H groups in total. The molecule has 2 heteroatoms. The normalized spacial score (nSPS) is 13.2. The summed E-state index contributed by atoms with van der Waals surface area (Å²) in [4.78, 5) is 13.1. The Bertz CT molecular complexity index is 587. The number of thiol groups is 1. The molecule has 1 aliphatic rings. The van der Waals surface area contributed by atoms with Gasteiger partial charge >= 0.3 is 0 Å². The van der Waals surface area contributed by atoms with Crippen molar-refractivity contribution < 1.29 is 4.79 Å². The van der Waals surface area contributed by atoms with Gasteiger partial charge in [0.15, 0.2) is 5.78 Å². The molecule has 0 unspecified atom stereocenters. The van der Waals surface area contributed by atoms with Crippen molar-refractivity contribution in [2.24, 2.45) is 0 Å². The predicted octanol–water partition coefficient (Wildman–Crippen LogP) is 3.11. The third-order valence-corrected chi connectivity index (χ3v) is 3.37. The Kier molecular flexibility index (Phi) is 2.11. The fraction of sp³-hybridized carbons (Fsp3) is 0.0714. The van der Waals surface area contributed by atoms with Crippen molar-refractivity contribution in [1.29, 1.82) is 0 Å². The van der Waals surface area contributed by atoms with Crippen molar-refractivity contribution in [3.63, 3.8) is 0 Å². The Morgan fingerprint density at radius 1 is 0.938 bits per heavy atom. The molecule has 1 aliphatic carbocycles. The first-order chi connectivity index (χ1) is 7.77. The standard InChI is InChI=1S/C14H10OS/c15-14-11-6-2-1-4-9(11)8-10-5-3-7-12(16)13(10)14/h1-7,16H,8H2. The quantitative estimate of drug-likeness (QED) is 0.583. The van der Waals surface area contributed by atoms with Crippen molar-refractivity contribution in [2.45, 2.75) is 11.3 Å². The van der Waals surface area contributed by atoms with Gasteiger partial charge in [0.05, 0.1) is 0 Å². The molecule has 0 radical (unpaired) electrons. The molecule has 78 valence electrons. The maximum absolute atomic E-state index is 12.3. The van der Waals surface area contributed by atoms with E-state index in [1.54, 1.807) is 0 Å². The average Bonchev–Trinajstić information content (AvgIpc) is 2.29.